The van der Waals surface area contributed by atoms with E-state index in [1.807, 2.05) is 0 Å². The van der Waals surface area contributed by atoms with Gasteiger partial charge in [0.1, 0.15) is 11.0 Å². The number of thiophene rings is 1. The Kier molecular flexibility index (Phi) is 3.44. The summed E-state index contributed by atoms with van der Waals surface area (Å²) in [6, 6.07) is 0. The largest absolute Gasteiger partial charge is 0.477 e. The van der Waals surface area contributed by atoms with Gasteiger partial charge in [-0.2, -0.15) is 0 Å². The van der Waals surface area contributed by atoms with Crippen molar-refractivity contribution in [2.45, 2.75) is 25.9 Å². The molecule has 1 aliphatic heterocycles. The molecule has 92 valence electrons. The zero-order valence-electron chi connectivity index (χ0n) is 9.36. The topological polar surface area (TPSA) is 75.6 Å². The molecular formula is C11H13NO4S. The molecule has 17 heavy (non-hydrogen) atoms. The molecular weight excluding hydrogens is 242 g/mol. The standard InChI is InChI=1S/C11H13NO4S/c1-6-5-17-9(11(14)15)8(6)12-10(13)7-3-2-4-16-7/h5,7H,2-4H2,1H3,(H,12,13)(H,14,15). The first-order chi connectivity index (χ1) is 8.09. The van der Waals surface area contributed by atoms with Crippen LogP contribution in [-0.2, 0) is 9.53 Å². The van der Waals surface area contributed by atoms with Crippen LogP contribution in [0, 0.1) is 6.92 Å². The molecule has 1 saturated heterocycles. The van der Waals surface area contributed by atoms with Crippen LogP contribution in [0.25, 0.3) is 0 Å². The van der Waals surface area contributed by atoms with Crippen molar-refractivity contribution in [1.82, 2.24) is 0 Å². The summed E-state index contributed by atoms with van der Waals surface area (Å²) in [5.74, 6) is -1.28. The quantitative estimate of drug-likeness (QED) is 0.864. The van der Waals surface area contributed by atoms with Crippen LogP contribution in [0.5, 0.6) is 0 Å². The molecule has 1 atom stereocenters. The summed E-state index contributed by atoms with van der Waals surface area (Å²) in [7, 11) is 0. The summed E-state index contributed by atoms with van der Waals surface area (Å²) in [5.41, 5.74) is 1.15. The van der Waals surface area contributed by atoms with Crippen LogP contribution in [0.3, 0.4) is 0 Å². The number of anilines is 1. The van der Waals surface area contributed by atoms with Crippen molar-refractivity contribution >= 4 is 28.9 Å². The fourth-order valence-corrected chi connectivity index (χ4v) is 2.59. The molecule has 2 heterocycles. The summed E-state index contributed by atoms with van der Waals surface area (Å²) in [6.07, 6.45) is 1.11. The molecule has 0 aromatic carbocycles. The minimum absolute atomic E-state index is 0.161. The van der Waals surface area contributed by atoms with Crippen LogP contribution >= 0.6 is 11.3 Å². The van der Waals surface area contributed by atoms with Gasteiger partial charge in [-0.15, -0.1) is 11.3 Å². The number of hydrogen-bond donors (Lipinski definition) is 2. The minimum Gasteiger partial charge on any atom is -0.477 e. The SMILES string of the molecule is Cc1csc(C(=O)O)c1NC(=O)C1CCCO1. The molecule has 0 saturated carbocycles. The predicted molar refractivity (Wildman–Crippen MR) is 63.6 cm³/mol. The van der Waals surface area contributed by atoms with Crippen molar-refractivity contribution in [2.24, 2.45) is 0 Å². The molecule has 1 fully saturated rings. The number of ether oxygens (including phenoxy) is 1. The van der Waals surface area contributed by atoms with Gasteiger partial charge in [0, 0.05) is 6.61 Å². The maximum absolute atomic E-state index is 11.8. The predicted octanol–water partition coefficient (Wildman–Crippen LogP) is 1.87. The third kappa shape index (κ3) is 2.48. The van der Waals surface area contributed by atoms with Crippen LogP contribution in [0.15, 0.2) is 5.38 Å². The highest BCUT2D eigenvalue weighted by molar-refractivity contribution is 7.12. The Balaban J connectivity index is 2.14. The zero-order valence-corrected chi connectivity index (χ0v) is 10.2. The van der Waals surface area contributed by atoms with Crippen LogP contribution in [0.4, 0.5) is 5.69 Å². The second-order valence-corrected chi connectivity index (χ2v) is 4.80. The molecule has 5 nitrogen and oxygen atoms in total. The summed E-state index contributed by atoms with van der Waals surface area (Å²) in [6.45, 7) is 2.36. The Hall–Kier alpha value is -1.40. The van der Waals surface area contributed by atoms with Crippen LogP contribution < -0.4 is 5.32 Å². The van der Waals surface area contributed by atoms with Crippen molar-refractivity contribution in [3.63, 3.8) is 0 Å². The normalized spacial score (nSPS) is 19.2. The lowest BCUT2D eigenvalue weighted by molar-refractivity contribution is -0.124. The number of aryl methyl sites for hydroxylation is 1. The van der Waals surface area contributed by atoms with Gasteiger partial charge in [-0.25, -0.2) is 4.79 Å². The average molecular weight is 255 g/mol. The lowest BCUT2D eigenvalue weighted by Crippen LogP contribution is -2.27. The Bertz CT molecular complexity index is 448. The number of carboxylic acids is 1. The number of nitrogens with one attached hydrogen (secondary N) is 1. The first-order valence-electron chi connectivity index (χ1n) is 5.33. The molecule has 2 rings (SSSR count). The molecule has 1 unspecified atom stereocenters. The van der Waals surface area contributed by atoms with E-state index in [2.05, 4.69) is 5.32 Å². The van der Waals surface area contributed by atoms with Gasteiger partial charge in [0.15, 0.2) is 0 Å². The molecule has 1 amide bonds. The maximum Gasteiger partial charge on any atom is 0.348 e. The van der Waals surface area contributed by atoms with Crippen LogP contribution in [0.2, 0.25) is 0 Å². The van der Waals surface area contributed by atoms with Crippen molar-refractivity contribution in [1.29, 1.82) is 0 Å². The third-order valence-electron chi connectivity index (χ3n) is 2.64. The van der Waals surface area contributed by atoms with Crippen molar-refractivity contribution in [2.75, 3.05) is 11.9 Å². The average Bonchev–Trinajstić information content (AvgIpc) is 2.89. The molecule has 0 radical (unpaired) electrons. The van der Waals surface area contributed by atoms with E-state index in [-0.39, 0.29) is 10.8 Å². The van der Waals surface area contributed by atoms with E-state index in [1.54, 1.807) is 12.3 Å². The fourth-order valence-electron chi connectivity index (χ4n) is 1.75. The number of carbonyl (C=O) groups is 2. The van der Waals surface area contributed by atoms with Crippen molar-refractivity contribution in [3.05, 3.63) is 15.8 Å². The fraction of sp³-hybridized carbons (Fsp3) is 0.455. The summed E-state index contributed by atoms with van der Waals surface area (Å²) < 4.78 is 5.25. The number of aromatic carboxylic acids is 1. The van der Waals surface area contributed by atoms with Gasteiger partial charge in [0.05, 0.1) is 5.69 Å². The molecule has 1 aliphatic rings. The Morgan fingerprint density at radius 3 is 2.94 bits per heavy atom. The highest BCUT2D eigenvalue weighted by Gasteiger charge is 2.26. The third-order valence-corrected chi connectivity index (χ3v) is 3.73. The number of carboxylic acid groups (broad SMARTS) is 1. The number of carbonyl (C=O) groups excluding carboxylic acids is 1. The molecule has 1 aromatic heterocycles. The van der Waals surface area contributed by atoms with Gasteiger partial charge >= 0.3 is 5.97 Å². The first-order valence-corrected chi connectivity index (χ1v) is 6.21. The molecule has 0 aliphatic carbocycles. The molecule has 1 aromatic rings. The smallest absolute Gasteiger partial charge is 0.348 e. The molecule has 0 spiro atoms. The Morgan fingerprint density at radius 1 is 1.59 bits per heavy atom. The Labute approximate surface area is 102 Å². The van der Waals surface area contributed by atoms with Gasteiger partial charge in [-0.1, -0.05) is 0 Å². The maximum atomic E-state index is 11.8. The summed E-state index contributed by atoms with van der Waals surface area (Å²) in [5, 5.41) is 13.3. The summed E-state index contributed by atoms with van der Waals surface area (Å²) >= 11 is 1.11. The molecule has 6 heteroatoms. The van der Waals surface area contributed by atoms with Gasteiger partial charge in [-0.05, 0) is 30.7 Å². The number of hydrogen-bond acceptors (Lipinski definition) is 4. The van der Waals surface area contributed by atoms with Gasteiger partial charge in [0.25, 0.3) is 5.91 Å². The number of amides is 1. The van der Waals surface area contributed by atoms with E-state index in [0.29, 0.717) is 18.7 Å². The number of rotatable bonds is 3. The first kappa shape index (κ1) is 12.1. The molecule has 0 bridgehead atoms. The van der Waals surface area contributed by atoms with Gasteiger partial charge < -0.3 is 15.2 Å². The van der Waals surface area contributed by atoms with E-state index in [1.165, 1.54) is 0 Å². The monoisotopic (exact) mass is 255 g/mol. The van der Waals surface area contributed by atoms with Crippen molar-refractivity contribution in [3.8, 4) is 0 Å². The highest BCUT2D eigenvalue weighted by atomic mass is 32.1. The zero-order chi connectivity index (χ0) is 12.4. The lowest BCUT2D eigenvalue weighted by atomic mass is 10.2. The minimum atomic E-state index is -1.02. The van der Waals surface area contributed by atoms with E-state index >= 15 is 0 Å². The summed E-state index contributed by atoms with van der Waals surface area (Å²) in [4.78, 5) is 22.9. The van der Waals surface area contributed by atoms with E-state index < -0.39 is 12.1 Å². The van der Waals surface area contributed by atoms with Gasteiger partial charge in [-0.3, -0.25) is 4.79 Å². The van der Waals surface area contributed by atoms with Crippen molar-refractivity contribution < 1.29 is 19.4 Å². The highest BCUT2D eigenvalue weighted by Crippen LogP contribution is 2.28. The van der Waals surface area contributed by atoms with Crippen LogP contribution in [-0.4, -0.2) is 29.7 Å². The lowest BCUT2D eigenvalue weighted by Gasteiger charge is -2.10. The second kappa shape index (κ2) is 4.85. The van der Waals surface area contributed by atoms with E-state index in [0.717, 1.165) is 23.3 Å². The second-order valence-electron chi connectivity index (χ2n) is 3.92. The van der Waals surface area contributed by atoms with E-state index in [9.17, 15) is 9.59 Å². The molecule has 2 N–H and O–H groups in total. The van der Waals surface area contributed by atoms with E-state index in [4.69, 9.17) is 9.84 Å². The van der Waals surface area contributed by atoms with Gasteiger partial charge in [0.2, 0.25) is 0 Å². The van der Waals surface area contributed by atoms with Crippen LogP contribution in [0.1, 0.15) is 28.1 Å². The Morgan fingerprint density at radius 2 is 2.35 bits per heavy atom.